The molecule has 2 N–H and O–H groups in total. The van der Waals surface area contributed by atoms with E-state index in [1.165, 1.54) is 0 Å². The van der Waals surface area contributed by atoms with Crippen molar-refractivity contribution in [1.29, 1.82) is 0 Å². The Balaban J connectivity index is 2.26. The van der Waals surface area contributed by atoms with Crippen LogP contribution < -0.4 is 10.9 Å². The van der Waals surface area contributed by atoms with Crippen molar-refractivity contribution in [3.63, 3.8) is 0 Å². The molecule has 0 radical (unpaired) electrons. The second-order valence-corrected chi connectivity index (χ2v) is 4.12. The quantitative estimate of drug-likeness (QED) is 0.907. The molecule has 0 saturated carbocycles. The van der Waals surface area contributed by atoms with Crippen LogP contribution >= 0.6 is 0 Å². The average molecular weight is 284 g/mol. The van der Waals surface area contributed by atoms with E-state index in [1.807, 2.05) is 0 Å². The van der Waals surface area contributed by atoms with Crippen molar-refractivity contribution in [1.82, 2.24) is 15.0 Å². The van der Waals surface area contributed by atoms with Gasteiger partial charge in [0.25, 0.3) is 5.56 Å². The molecule has 1 unspecified atom stereocenters. The highest BCUT2D eigenvalue weighted by Gasteiger charge is 2.33. The highest BCUT2D eigenvalue weighted by atomic mass is 19.4. The van der Waals surface area contributed by atoms with Crippen LogP contribution in [-0.2, 0) is 6.18 Å². The molecule has 2 heterocycles. The zero-order valence-electron chi connectivity index (χ0n) is 10.4. The normalized spacial score (nSPS) is 13.0. The lowest BCUT2D eigenvalue weighted by Gasteiger charge is -2.15. The van der Waals surface area contributed by atoms with Gasteiger partial charge in [0.15, 0.2) is 5.69 Å². The second-order valence-electron chi connectivity index (χ2n) is 4.12. The van der Waals surface area contributed by atoms with Gasteiger partial charge in [-0.1, -0.05) is 0 Å². The van der Waals surface area contributed by atoms with E-state index in [9.17, 15) is 18.0 Å². The number of rotatable bonds is 3. The zero-order valence-corrected chi connectivity index (χ0v) is 10.4. The third kappa shape index (κ3) is 3.34. The Morgan fingerprint density at radius 2 is 1.95 bits per heavy atom. The lowest BCUT2D eigenvalue weighted by molar-refractivity contribution is -0.141. The number of alkyl halides is 3. The molecule has 0 saturated heterocycles. The number of aromatic amines is 1. The third-order valence-electron chi connectivity index (χ3n) is 2.59. The van der Waals surface area contributed by atoms with Crippen LogP contribution in [0.15, 0.2) is 35.4 Å². The summed E-state index contributed by atoms with van der Waals surface area (Å²) in [5.41, 5.74) is -1.29. The number of nitrogens with zero attached hydrogens (tertiary/aromatic N) is 2. The molecule has 106 valence electrons. The van der Waals surface area contributed by atoms with Crippen LogP contribution in [-0.4, -0.2) is 15.0 Å². The van der Waals surface area contributed by atoms with Crippen molar-refractivity contribution in [2.75, 3.05) is 5.32 Å². The molecule has 1 atom stereocenters. The number of nitrogens with one attached hydrogen (secondary N) is 2. The Labute approximate surface area is 111 Å². The third-order valence-corrected chi connectivity index (χ3v) is 2.59. The van der Waals surface area contributed by atoms with Gasteiger partial charge in [0.1, 0.15) is 0 Å². The molecule has 2 aromatic heterocycles. The maximum Gasteiger partial charge on any atom is 0.433 e. The summed E-state index contributed by atoms with van der Waals surface area (Å²) in [6, 6.07) is 3.51. The van der Waals surface area contributed by atoms with Crippen LogP contribution in [0.3, 0.4) is 0 Å². The van der Waals surface area contributed by atoms with E-state index in [1.54, 1.807) is 31.5 Å². The van der Waals surface area contributed by atoms with Crippen LogP contribution in [0, 0.1) is 0 Å². The SMILES string of the molecule is CC(Nc1nc(C(F)(F)F)cc(=O)[nH]1)c1ccncc1. The Hall–Kier alpha value is -2.38. The van der Waals surface area contributed by atoms with Gasteiger partial charge in [-0.05, 0) is 24.6 Å². The Bertz CT molecular complexity index is 639. The zero-order chi connectivity index (χ0) is 14.8. The van der Waals surface area contributed by atoms with Crippen LogP contribution in [0.1, 0.15) is 24.2 Å². The molecule has 8 heteroatoms. The summed E-state index contributed by atoms with van der Waals surface area (Å²) in [7, 11) is 0. The lowest BCUT2D eigenvalue weighted by Crippen LogP contribution is -2.20. The van der Waals surface area contributed by atoms with Crippen molar-refractivity contribution >= 4 is 5.95 Å². The Morgan fingerprint density at radius 3 is 2.55 bits per heavy atom. The number of aromatic nitrogens is 3. The van der Waals surface area contributed by atoms with E-state index in [0.717, 1.165) is 5.56 Å². The maximum atomic E-state index is 12.6. The molecule has 2 rings (SSSR count). The van der Waals surface area contributed by atoms with E-state index in [0.29, 0.717) is 6.07 Å². The van der Waals surface area contributed by atoms with Gasteiger partial charge >= 0.3 is 6.18 Å². The Morgan fingerprint density at radius 1 is 1.30 bits per heavy atom. The van der Waals surface area contributed by atoms with E-state index < -0.39 is 17.4 Å². The van der Waals surface area contributed by atoms with Gasteiger partial charge in [-0.2, -0.15) is 13.2 Å². The van der Waals surface area contributed by atoms with Crippen LogP contribution in [0.5, 0.6) is 0 Å². The maximum absolute atomic E-state index is 12.6. The minimum atomic E-state index is -4.66. The molecule has 0 aliphatic rings. The smallest absolute Gasteiger partial charge is 0.349 e. The van der Waals surface area contributed by atoms with E-state index in [4.69, 9.17) is 0 Å². The fourth-order valence-electron chi connectivity index (χ4n) is 1.61. The number of H-pyrrole nitrogens is 1. The number of pyridine rings is 1. The van der Waals surface area contributed by atoms with E-state index in [-0.39, 0.29) is 12.0 Å². The first-order chi connectivity index (χ1) is 9.36. The van der Waals surface area contributed by atoms with Gasteiger partial charge < -0.3 is 5.32 Å². The predicted molar refractivity (Wildman–Crippen MR) is 66.1 cm³/mol. The molecule has 2 aromatic rings. The van der Waals surface area contributed by atoms with Crippen molar-refractivity contribution in [3.8, 4) is 0 Å². The highest BCUT2D eigenvalue weighted by molar-refractivity contribution is 5.31. The summed E-state index contributed by atoms with van der Waals surface area (Å²) < 4.78 is 37.7. The molecule has 0 aliphatic heterocycles. The number of hydrogen-bond donors (Lipinski definition) is 2. The summed E-state index contributed by atoms with van der Waals surface area (Å²) in [6.07, 6.45) is -1.53. The van der Waals surface area contributed by atoms with Gasteiger partial charge in [0.05, 0.1) is 6.04 Å². The van der Waals surface area contributed by atoms with Crippen LogP contribution in [0.25, 0.3) is 0 Å². The monoisotopic (exact) mass is 284 g/mol. The van der Waals surface area contributed by atoms with Crippen molar-refractivity contribution in [2.24, 2.45) is 0 Å². The van der Waals surface area contributed by atoms with Crippen molar-refractivity contribution in [2.45, 2.75) is 19.1 Å². The van der Waals surface area contributed by atoms with Crippen molar-refractivity contribution < 1.29 is 13.2 Å². The standard InChI is InChI=1S/C12H11F3N4O/c1-7(8-2-4-16-5-3-8)17-11-18-9(12(13,14)15)6-10(20)19-11/h2-7H,1H3,(H2,17,18,19,20). The minimum absolute atomic E-state index is 0.228. The van der Waals surface area contributed by atoms with Gasteiger partial charge in [-0.3, -0.25) is 14.8 Å². The predicted octanol–water partition coefficient (Wildman–Crippen LogP) is 2.36. The number of anilines is 1. The molecule has 5 nitrogen and oxygen atoms in total. The molecule has 0 aliphatic carbocycles. The topological polar surface area (TPSA) is 70.7 Å². The molecular weight excluding hydrogens is 273 g/mol. The first kappa shape index (κ1) is 14.0. The van der Waals surface area contributed by atoms with Gasteiger partial charge in [-0.15, -0.1) is 0 Å². The van der Waals surface area contributed by atoms with Crippen LogP contribution in [0.2, 0.25) is 0 Å². The summed E-state index contributed by atoms with van der Waals surface area (Å²) in [5.74, 6) is -0.228. The molecule has 0 amide bonds. The van der Waals surface area contributed by atoms with E-state index in [2.05, 4.69) is 20.3 Å². The first-order valence-corrected chi connectivity index (χ1v) is 5.71. The number of halogens is 3. The largest absolute Gasteiger partial charge is 0.433 e. The van der Waals surface area contributed by atoms with Gasteiger partial charge in [0, 0.05) is 18.5 Å². The highest BCUT2D eigenvalue weighted by Crippen LogP contribution is 2.27. The molecule has 0 bridgehead atoms. The lowest BCUT2D eigenvalue weighted by atomic mass is 10.1. The summed E-state index contributed by atoms with van der Waals surface area (Å²) in [6.45, 7) is 1.73. The molecular formula is C12H11F3N4O. The summed E-state index contributed by atoms with van der Waals surface area (Å²) in [4.78, 5) is 20.7. The van der Waals surface area contributed by atoms with E-state index >= 15 is 0 Å². The Kier molecular flexibility index (Phi) is 3.73. The number of hydrogen-bond acceptors (Lipinski definition) is 4. The molecule has 0 spiro atoms. The second kappa shape index (κ2) is 5.32. The summed E-state index contributed by atoms with van der Waals surface area (Å²) >= 11 is 0. The van der Waals surface area contributed by atoms with Gasteiger partial charge in [-0.25, -0.2) is 4.98 Å². The molecule has 0 fully saturated rings. The van der Waals surface area contributed by atoms with Gasteiger partial charge in [0.2, 0.25) is 5.95 Å². The average Bonchev–Trinajstić information content (AvgIpc) is 2.38. The molecule has 0 aromatic carbocycles. The molecule has 20 heavy (non-hydrogen) atoms. The fraction of sp³-hybridized carbons (Fsp3) is 0.250. The summed E-state index contributed by atoms with van der Waals surface area (Å²) in [5, 5.41) is 2.72. The van der Waals surface area contributed by atoms with Crippen LogP contribution in [0.4, 0.5) is 19.1 Å². The minimum Gasteiger partial charge on any atom is -0.349 e. The fourth-order valence-corrected chi connectivity index (χ4v) is 1.61. The first-order valence-electron chi connectivity index (χ1n) is 5.71. The van der Waals surface area contributed by atoms with Crippen molar-refractivity contribution in [3.05, 3.63) is 52.2 Å².